The second kappa shape index (κ2) is 10.6. The summed E-state index contributed by atoms with van der Waals surface area (Å²) in [5.74, 6) is -0.275. The first-order valence-corrected chi connectivity index (χ1v) is 9.14. The highest BCUT2D eigenvalue weighted by Gasteiger charge is 2.35. The Balaban J connectivity index is 1.80. The van der Waals surface area contributed by atoms with Crippen molar-refractivity contribution in [2.24, 2.45) is 0 Å². The number of alkyl halides is 3. The number of nitrogens with zero attached hydrogens (tertiary/aromatic N) is 1. The minimum Gasteiger partial charge on any atom is -0.431 e. The number of hydrogen-bond donors (Lipinski definition) is 0. The van der Waals surface area contributed by atoms with Crippen LogP contribution in [0, 0.1) is 6.57 Å². The molecule has 0 aromatic heterocycles. The van der Waals surface area contributed by atoms with Crippen molar-refractivity contribution in [3.8, 4) is 5.75 Å². The molecule has 1 aliphatic rings. The Bertz CT molecular complexity index is 696. The van der Waals surface area contributed by atoms with E-state index in [4.69, 9.17) is 29.8 Å². The molecule has 1 heterocycles. The molecule has 1 aliphatic heterocycles. The maximum Gasteiger partial charge on any atom is 0.513 e. The van der Waals surface area contributed by atoms with Crippen LogP contribution in [-0.2, 0) is 24.7 Å². The summed E-state index contributed by atoms with van der Waals surface area (Å²) in [6.45, 7) is 8.80. The van der Waals surface area contributed by atoms with Crippen molar-refractivity contribution in [1.29, 1.82) is 0 Å². The number of ether oxygens (including phenoxy) is 3. The molecule has 1 aromatic rings. The quantitative estimate of drug-likeness (QED) is 0.206. The second-order valence-corrected chi connectivity index (χ2v) is 6.57. The first-order chi connectivity index (χ1) is 13.3. The monoisotopic (exact) mass is 421 g/mol. The lowest BCUT2D eigenvalue weighted by Gasteiger charge is -2.18. The van der Waals surface area contributed by atoms with Gasteiger partial charge in [0.05, 0.1) is 17.8 Å². The topological polar surface area (TPSA) is 67.6 Å². The zero-order valence-corrected chi connectivity index (χ0v) is 15.9. The van der Waals surface area contributed by atoms with Crippen LogP contribution in [0.15, 0.2) is 24.3 Å². The molecule has 4 atom stereocenters. The third kappa shape index (κ3) is 7.24. The van der Waals surface area contributed by atoms with Gasteiger partial charge in [-0.1, -0.05) is 6.07 Å². The third-order valence-corrected chi connectivity index (χ3v) is 4.40. The largest absolute Gasteiger partial charge is 0.513 e. The number of benzene rings is 1. The highest BCUT2D eigenvalue weighted by molar-refractivity contribution is 7.26. The van der Waals surface area contributed by atoms with Gasteiger partial charge in [0.15, 0.2) is 9.03 Å². The zero-order valence-electron chi connectivity index (χ0n) is 14.9. The smallest absolute Gasteiger partial charge is 0.431 e. The Morgan fingerprint density at radius 2 is 2.21 bits per heavy atom. The molecule has 11 heteroatoms. The van der Waals surface area contributed by atoms with Crippen LogP contribution in [0.5, 0.6) is 5.75 Å². The Kier molecular flexibility index (Phi) is 8.45. The Labute approximate surface area is 161 Å². The van der Waals surface area contributed by atoms with Crippen molar-refractivity contribution >= 4 is 15.2 Å². The average molecular weight is 421 g/mol. The van der Waals surface area contributed by atoms with Crippen LogP contribution in [-0.4, -0.2) is 44.2 Å². The highest BCUT2D eigenvalue weighted by atomic mass is 31.1. The Morgan fingerprint density at radius 1 is 1.43 bits per heavy atom. The van der Waals surface area contributed by atoms with Gasteiger partial charge in [-0.3, -0.25) is 0 Å². The van der Waals surface area contributed by atoms with Gasteiger partial charge in [-0.15, -0.1) is 0 Å². The summed E-state index contributed by atoms with van der Waals surface area (Å²) < 4.78 is 64.1. The molecule has 0 N–H and O–H groups in total. The number of carbonyl (C=O) groups excluding carboxylic acids is 1. The number of halogens is 3. The van der Waals surface area contributed by atoms with Gasteiger partial charge in [-0.05, 0) is 25.1 Å². The molecule has 0 spiro atoms. The molecular weight excluding hydrogens is 402 g/mol. The van der Waals surface area contributed by atoms with Crippen molar-refractivity contribution in [2.75, 3.05) is 19.8 Å². The molecular formula is C17H19F3NO6P. The summed E-state index contributed by atoms with van der Waals surface area (Å²) >= 11 is 0. The molecule has 154 valence electrons. The first-order valence-electron chi connectivity index (χ1n) is 8.32. The second-order valence-electron chi connectivity index (χ2n) is 5.88. The van der Waals surface area contributed by atoms with Gasteiger partial charge in [0.25, 0.3) is 0 Å². The molecule has 0 aliphatic carbocycles. The van der Waals surface area contributed by atoms with Crippen molar-refractivity contribution in [1.82, 2.24) is 0 Å². The number of carbonyl (C=O) groups is 1. The van der Waals surface area contributed by atoms with E-state index in [0.717, 1.165) is 12.1 Å². The molecule has 0 amide bonds. The predicted octanol–water partition coefficient (Wildman–Crippen LogP) is 4.23. The van der Waals surface area contributed by atoms with Crippen LogP contribution in [0.2, 0.25) is 0 Å². The molecule has 1 saturated heterocycles. The predicted molar refractivity (Wildman–Crippen MR) is 93.0 cm³/mol. The maximum atomic E-state index is 12.7. The van der Waals surface area contributed by atoms with Gasteiger partial charge in [0, 0.05) is 6.42 Å². The van der Waals surface area contributed by atoms with Gasteiger partial charge in [0.1, 0.15) is 25.1 Å². The summed E-state index contributed by atoms with van der Waals surface area (Å²) in [6.07, 6.45) is -6.17. The van der Waals surface area contributed by atoms with E-state index >= 15 is 0 Å². The van der Waals surface area contributed by atoms with E-state index in [1.807, 2.05) is 6.92 Å². The van der Waals surface area contributed by atoms with E-state index in [2.05, 4.69) is 4.85 Å². The summed E-state index contributed by atoms with van der Waals surface area (Å²) in [5, 5.41) is 0. The van der Waals surface area contributed by atoms with Gasteiger partial charge in [-0.2, -0.15) is 13.2 Å². The van der Waals surface area contributed by atoms with Crippen molar-refractivity contribution in [2.45, 2.75) is 37.8 Å². The molecule has 1 aromatic carbocycles. The minimum atomic E-state index is -4.54. The molecule has 7 nitrogen and oxygen atoms in total. The van der Waals surface area contributed by atoms with E-state index < -0.39 is 24.0 Å². The average Bonchev–Trinajstić information content (AvgIpc) is 2.99. The maximum absolute atomic E-state index is 12.7. The highest BCUT2D eigenvalue weighted by Crippen LogP contribution is 2.32. The molecule has 28 heavy (non-hydrogen) atoms. The standard InChI is InChI=1S/C17H19F3NO6P/c1-11-8-14(27-28-24-7-6-21-2)15(25-11)10-23-16(22)26-13-5-3-4-12(9-13)17(18,19)20/h3-5,9,11,14-15,28H,6-8,10H2,1H3/t11-,14+,15+/m0/s1. The zero-order chi connectivity index (χ0) is 20.6. The van der Waals surface area contributed by atoms with Crippen molar-refractivity contribution in [3.05, 3.63) is 41.2 Å². The molecule has 0 bridgehead atoms. The van der Waals surface area contributed by atoms with Crippen molar-refractivity contribution in [3.63, 3.8) is 0 Å². The van der Waals surface area contributed by atoms with E-state index in [1.165, 1.54) is 6.07 Å². The number of rotatable bonds is 8. The fourth-order valence-electron chi connectivity index (χ4n) is 2.43. The van der Waals surface area contributed by atoms with Crippen LogP contribution >= 0.6 is 9.03 Å². The van der Waals surface area contributed by atoms with Crippen molar-refractivity contribution < 1.29 is 41.2 Å². The lowest BCUT2D eigenvalue weighted by molar-refractivity contribution is -0.137. The van der Waals surface area contributed by atoms with Crippen LogP contribution < -0.4 is 4.74 Å². The Hall–Kier alpha value is -1.92. The van der Waals surface area contributed by atoms with Gasteiger partial charge >= 0.3 is 12.3 Å². The van der Waals surface area contributed by atoms with Crippen LogP contribution in [0.1, 0.15) is 18.9 Å². The third-order valence-electron chi connectivity index (χ3n) is 3.68. The Morgan fingerprint density at radius 3 is 2.93 bits per heavy atom. The molecule has 1 fully saturated rings. The first kappa shape index (κ1) is 22.4. The van der Waals surface area contributed by atoms with Crippen LogP contribution in [0.4, 0.5) is 18.0 Å². The lowest BCUT2D eigenvalue weighted by Crippen LogP contribution is -2.29. The SMILES string of the molecule is [C-]#[N+]CCOPO[C@@H]1C[C@H](C)O[C@@H]1COC(=O)Oc1cccc(C(F)(F)F)c1. The van der Waals surface area contributed by atoms with E-state index in [9.17, 15) is 18.0 Å². The van der Waals surface area contributed by atoms with Gasteiger partial charge < -0.3 is 28.1 Å². The number of hydrogen-bond acceptors (Lipinski definition) is 6. The summed E-state index contributed by atoms with van der Waals surface area (Å²) in [7, 11) is -0.280. The summed E-state index contributed by atoms with van der Waals surface area (Å²) in [4.78, 5) is 14.9. The normalized spacial score (nSPS) is 22.3. The van der Waals surface area contributed by atoms with Gasteiger partial charge in [-0.25, -0.2) is 11.4 Å². The fraction of sp³-hybridized carbons (Fsp3) is 0.529. The van der Waals surface area contributed by atoms with Gasteiger partial charge in [0.2, 0.25) is 6.54 Å². The molecule has 0 radical (unpaired) electrons. The summed E-state index contributed by atoms with van der Waals surface area (Å²) in [6, 6.07) is 3.93. The lowest BCUT2D eigenvalue weighted by atomic mass is 10.1. The van der Waals surface area contributed by atoms with Crippen LogP contribution in [0.25, 0.3) is 4.85 Å². The van der Waals surface area contributed by atoms with Crippen LogP contribution in [0.3, 0.4) is 0 Å². The van der Waals surface area contributed by atoms with E-state index in [1.54, 1.807) is 0 Å². The molecule has 2 rings (SSSR count). The van der Waals surface area contributed by atoms with E-state index in [0.29, 0.717) is 12.5 Å². The summed E-state index contributed by atoms with van der Waals surface area (Å²) in [5.41, 5.74) is -0.932. The van der Waals surface area contributed by atoms with E-state index in [-0.39, 0.29) is 46.8 Å². The molecule has 0 saturated carbocycles. The fourth-order valence-corrected chi connectivity index (χ4v) is 3.05. The molecule has 1 unspecified atom stereocenters. The minimum absolute atomic E-state index is 0.119.